The predicted molar refractivity (Wildman–Crippen MR) is 126 cm³/mol. The van der Waals surface area contributed by atoms with Crippen LogP contribution in [0.5, 0.6) is 0 Å². The first-order valence-electron chi connectivity index (χ1n) is 11.9. The van der Waals surface area contributed by atoms with Gasteiger partial charge in [-0.2, -0.15) is 0 Å². The van der Waals surface area contributed by atoms with Crippen LogP contribution in [0.3, 0.4) is 0 Å². The molecule has 0 radical (unpaired) electrons. The van der Waals surface area contributed by atoms with E-state index in [1.165, 1.54) is 77.0 Å². The summed E-state index contributed by atoms with van der Waals surface area (Å²) in [6.07, 6.45) is 17.2. The van der Waals surface area contributed by atoms with Crippen LogP contribution in [0.2, 0.25) is 0 Å². The van der Waals surface area contributed by atoms with E-state index in [2.05, 4.69) is 67.7 Å². The molecule has 0 aromatic rings. The van der Waals surface area contributed by atoms with Crippen LogP contribution < -0.4 is 5.32 Å². The molecule has 0 saturated heterocycles. The quantitative estimate of drug-likeness (QED) is 0.272. The van der Waals surface area contributed by atoms with E-state index in [-0.39, 0.29) is 3.55 Å². The lowest BCUT2D eigenvalue weighted by molar-refractivity contribution is 0.0204. The van der Waals surface area contributed by atoms with Crippen molar-refractivity contribution in [2.24, 2.45) is 23.2 Å². The second kappa shape index (κ2) is 9.20. The molecule has 0 amide bonds. The summed E-state index contributed by atoms with van der Waals surface area (Å²) in [6, 6.07) is 1.37. The van der Waals surface area contributed by atoms with Crippen LogP contribution in [0.15, 0.2) is 0 Å². The van der Waals surface area contributed by atoms with Gasteiger partial charge >= 0.3 is 0 Å². The van der Waals surface area contributed by atoms with Crippen LogP contribution in [0.4, 0.5) is 0 Å². The Bertz CT molecular complexity index is 465. The van der Waals surface area contributed by atoms with Crippen molar-refractivity contribution in [1.29, 1.82) is 0 Å². The van der Waals surface area contributed by atoms with E-state index in [4.69, 9.17) is 0 Å². The minimum atomic E-state index is 0.270. The number of alkyl halides is 1. The maximum atomic E-state index is 4.41. The zero-order valence-corrected chi connectivity index (χ0v) is 20.9. The number of likely N-dealkylation sites (N-methyl/N-ethyl adjacent to an activating group) is 1. The number of nitrogens with zero attached hydrogens (tertiary/aromatic N) is 1. The van der Waals surface area contributed by atoms with Crippen molar-refractivity contribution in [3.8, 4) is 0 Å². The second-order valence-corrected chi connectivity index (χ2v) is 13.0. The third-order valence-corrected chi connectivity index (χ3v) is 9.98. The largest absolute Gasteiger partial charge is 0.305 e. The molecular weight excluding hydrogens is 443 g/mol. The van der Waals surface area contributed by atoms with E-state index < -0.39 is 0 Å². The Balaban J connectivity index is 1.88. The van der Waals surface area contributed by atoms with E-state index in [1.807, 2.05) is 0 Å². The maximum absolute atomic E-state index is 4.41. The summed E-state index contributed by atoms with van der Waals surface area (Å²) in [5.74, 6) is 2.59. The molecule has 3 saturated carbocycles. The lowest BCUT2D eigenvalue weighted by Crippen LogP contribution is -2.65. The molecule has 0 spiro atoms. The summed E-state index contributed by atoms with van der Waals surface area (Å²) in [4.78, 5) is 2.50. The number of nitrogens with one attached hydrogen (secondary N) is 1. The van der Waals surface area contributed by atoms with Gasteiger partial charge in [0.25, 0.3) is 0 Å². The van der Waals surface area contributed by atoms with Crippen molar-refractivity contribution in [2.75, 3.05) is 14.1 Å². The van der Waals surface area contributed by atoms with Crippen molar-refractivity contribution in [3.05, 3.63) is 0 Å². The van der Waals surface area contributed by atoms with Gasteiger partial charge in [-0.3, -0.25) is 5.32 Å². The lowest BCUT2D eigenvalue weighted by Gasteiger charge is -2.56. The summed E-state index contributed by atoms with van der Waals surface area (Å²) in [5.41, 5.74) is 0.379. The average molecular weight is 489 g/mol. The Morgan fingerprint density at radius 1 is 0.815 bits per heavy atom. The minimum absolute atomic E-state index is 0.270. The van der Waals surface area contributed by atoms with Crippen LogP contribution in [0, 0.1) is 23.2 Å². The van der Waals surface area contributed by atoms with Gasteiger partial charge < -0.3 is 4.90 Å². The van der Waals surface area contributed by atoms with Crippen LogP contribution in [0.1, 0.15) is 97.8 Å². The van der Waals surface area contributed by atoms with Crippen LogP contribution in [0.25, 0.3) is 0 Å². The van der Waals surface area contributed by atoms with Gasteiger partial charge in [0.1, 0.15) is 0 Å². The first-order chi connectivity index (χ1) is 12.7. The number of halogens is 1. The Kier molecular flexibility index (Phi) is 7.61. The van der Waals surface area contributed by atoms with Gasteiger partial charge in [-0.1, -0.05) is 94.7 Å². The molecule has 5 atom stereocenters. The molecule has 3 aliphatic rings. The van der Waals surface area contributed by atoms with Crippen molar-refractivity contribution >= 4 is 22.6 Å². The Hall–Kier alpha value is 0.650. The van der Waals surface area contributed by atoms with E-state index >= 15 is 0 Å². The van der Waals surface area contributed by atoms with Gasteiger partial charge in [0.2, 0.25) is 0 Å². The topological polar surface area (TPSA) is 15.3 Å². The predicted octanol–water partition coefficient (Wildman–Crippen LogP) is 6.62. The SMILES string of the molecule is CN(C)C1CCCCC1NC1(I)C(C2CCCCC2)CCCC1C(C)(C)C. The highest BCUT2D eigenvalue weighted by molar-refractivity contribution is 14.1. The van der Waals surface area contributed by atoms with Crippen molar-refractivity contribution in [2.45, 2.75) is 113 Å². The van der Waals surface area contributed by atoms with Gasteiger partial charge in [-0.15, -0.1) is 0 Å². The third kappa shape index (κ3) is 5.05. The highest BCUT2D eigenvalue weighted by Crippen LogP contribution is 2.55. The lowest BCUT2D eigenvalue weighted by atomic mass is 9.61. The molecule has 2 nitrogen and oxygen atoms in total. The zero-order chi connectivity index (χ0) is 19.7. The highest BCUT2D eigenvalue weighted by Gasteiger charge is 2.53. The fourth-order valence-corrected chi connectivity index (χ4v) is 9.25. The molecule has 27 heavy (non-hydrogen) atoms. The Morgan fingerprint density at radius 2 is 1.44 bits per heavy atom. The van der Waals surface area contributed by atoms with Crippen molar-refractivity contribution in [1.82, 2.24) is 10.2 Å². The minimum Gasteiger partial charge on any atom is -0.305 e. The summed E-state index contributed by atoms with van der Waals surface area (Å²) in [7, 11) is 4.59. The molecule has 5 unspecified atom stereocenters. The molecule has 0 heterocycles. The number of hydrogen-bond acceptors (Lipinski definition) is 2. The summed E-state index contributed by atoms with van der Waals surface area (Å²) in [5, 5.41) is 4.41. The summed E-state index contributed by atoms with van der Waals surface area (Å²) < 4.78 is 0.270. The van der Waals surface area contributed by atoms with E-state index in [9.17, 15) is 0 Å². The van der Waals surface area contributed by atoms with Gasteiger partial charge in [0.15, 0.2) is 0 Å². The average Bonchev–Trinajstić information content (AvgIpc) is 2.61. The van der Waals surface area contributed by atoms with Gasteiger partial charge in [-0.05, 0) is 62.9 Å². The van der Waals surface area contributed by atoms with Crippen molar-refractivity contribution < 1.29 is 0 Å². The molecule has 3 rings (SSSR count). The Morgan fingerprint density at radius 3 is 2.07 bits per heavy atom. The van der Waals surface area contributed by atoms with E-state index in [0.29, 0.717) is 17.5 Å². The molecule has 0 aromatic heterocycles. The van der Waals surface area contributed by atoms with Crippen LogP contribution in [-0.2, 0) is 0 Å². The zero-order valence-electron chi connectivity index (χ0n) is 18.7. The monoisotopic (exact) mass is 488 g/mol. The Labute approximate surface area is 183 Å². The first kappa shape index (κ1) is 22.3. The molecule has 158 valence electrons. The van der Waals surface area contributed by atoms with Crippen LogP contribution in [-0.4, -0.2) is 34.6 Å². The van der Waals surface area contributed by atoms with E-state index in [0.717, 1.165) is 17.8 Å². The maximum Gasteiger partial charge on any atom is 0.0772 e. The van der Waals surface area contributed by atoms with E-state index in [1.54, 1.807) is 0 Å². The number of hydrogen-bond donors (Lipinski definition) is 1. The van der Waals surface area contributed by atoms with Crippen molar-refractivity contribution in [3.63, 3.8) is 0 Å². The second-order valence-electron chi connectivity index (χ2n) is 11.2. The molecule has 0 aromatic carbocycles. The normalized spacial score (nSPS) is 39.7. The van der Waals surface area contributed by atoms with Gasteiger partial charge in [0, 0.05) is 12.1 Å². The molecule has 3 heteroatoms. The summed E-state index contributed by atoms with van der Waals surface area (Å²) in [6.45, 7) is 7.50. The summed E-state index contributed by atoms with van der Waals surface area (Å²) >= 11 is 2.95. The smallest absolute Gasteiger partial charge is 0.0772 e. The molecule has 3 fully saturated rings. The molecule has 3 aliphatic carbocycles. The fourth-order valence-electron chi connectivity index (χ4n) is 6.79. The molecule has 0 bridgehead atoms. The standard InChI is InChI=1S/C24H45IN2/c1-23(2,3)22-17-11-14-19(18-12-7-6-8-13-18)24(22,25)26-20-15-9-10-16-21(20)27(4)5/h18-22,26H,6-17H2,1-5H3. The van der Waals surface area contributed by atoms with Gasteiger partial charge in [-0.25, -0.2) is 0 Å². The fraction of sp³-hybridized carbons (Fsp3) is 1.00. The third-order valence-electron chi connectivity index (χ3n) is 8.12. The van der Waals surface area contributed by atoms with Gasteiger partial charge in [0.05, 0.1) is 3.55 Å². The number of rotatable bonds is 4. The molecular formula is C24H45IN2. The molecule has 1 N–H and O–H groups in total. The first-order valence-corrected chi connectivity index (χ1v) is 12.9. The van der Waals surface area contributed by atoms with Crippen LogP contribution >= 0.6 is 22.6 Å². The molecule has 0 aliphatic heterocycles. The highest BCUT2D eigenvalue weighted by atomic mass is 127.